The minimum atomic E-state index is -3.08. The molecule has 0 bridgehead atoms. The Labute approximate surface area is 56.2 Å². The number of sulfone groups is 1. The van der Waals surface area contributed by atoms with Crippen molar-refractivity contribution in [2.45, 2.75) is 25.6 Å². The molecular weight excluding hydrogens is 138 g/mol. The van der Waals surface area contributed by atoms with Gasteiger partial charge in [0.05, 0.1) is 0 Å². The maximum Gasteiger partial charge on any atom is 0.167 e. The molecule has 9 heavy (non-hydrogen) atoms. The topological polar surface area (TPSA) is 57.9 Å². The predicted octanol–water partition coefficient (Wildman–Crippen LogP) is 0.440. The normalized spacial score (nSPS) is 15.4. The highest BCUT2D eigenvalue weighted by Crippen LogP contribution is 2.00. The third-order valence-corrected chi connectivity index (χ3v) is 3.21. The van der Waals surface area contributed by atoms with Crippen LogP contribution in [0.1, 0.15) is 20.3 Å². The Morgan fingerprint density at radius 3 is 2.00 bits per heavy atom. The molecule has 3 nitrogen and oxygen atoms in total. The van der Waals surface area contributed by atoms with Crippen LogP contribution < -0.4 is 5.73 Å². The third kappa shape index (κ3) is 2.32. The minimum absolute atomic E-state index is 0.0784. The van der Waals surface area contributed by atoms with Gasteiger partial charge in [0.1, 0.15) is 5.37 Å². The molecule has 0 heterocycles. The number of rotatable bonds is 3. The third-order valence-electron chi connectivity index (χ3n) is 1.21. The lowest BCUT2D eigenvalue weighted by atomic mass is 10.5. The SMILES string of the molecule is CCC([NH])S(=O)(=O)CC. The van der Waals surface area contributed by atoms with E-state index in [1.54, 1.807) is 13.8 Å². The molecule has 1 atom stereocenters. The van der Waals surface area contributed by atoms with Crippen molar-refractivity contribution >= 4 is 9.84 Å². The first-order valence-electron chi connectivity index (χ1n) is 2.97. The molecule has 1 unspecified atom stereocenters. The molecule has 4 heteroatoms. The lowest BCUT2D eigenvalue weighted by Crippen LogP contribution is -2.22. The molecule has 0 aliphatic rings. The lowest BCUT2D eigenvalue weighted by molar-refractivity contribution is 0.576. The largest absolute Gasteiger partial charge is 0.238 e. The van der Waals surface area contributed by atoms with Crippen LogP contribution in [0.4, 0.5) is 0 Å². The van der Waals surface area contributed by atoms with Gasteiger partial charge in [0.25, 0.3) is 0 Å². The lowest BCUT2D eigenvalue weighted by Gasteiger charge is -2.05. The summed E-state index contributed by atoms with van der Waals surface area (Å²) in [6, 6.07) is 0. The summed E-state index contributed by atoms with van der Waals surface area (Å²) in [4.78, 5) is 0. The highest BCUT2D eigenvalue weighted by Gasteiger charge is 2.16. The zero-order valence-corrected chi connectivity index (χ0v) is 6.53. The van der Waals surface area contributed by atoms with Crippen molar-refractivity contribution in [3.05, 3.63) is 0 Å². The summed E-state index contributed by atoms with van der Waals surface area (Å²) < 4.78 is 21.5. The van der Waals surface area contributed by atoms with Crippen LogP contribution in [0.5, 0.6) is 0 Å². The van der Waals surface area contributed by atoms with Gasteiger partial charge in [0.2, 0.25) is 0 Å². The minimum Gasteiger partial charge on any atom is -0.238 e. The van der Waals surface area contributed by atoms with Crippen molar-refractivity contribution in [2.24, 2.45) is 0 Å². The van der Waals surface area contributed by atoms with E-state index in [0.29, 0.717) is 6.42 Å². The Kier molecular flexibility index (Phi) is 3.14. The van der Waals surface area contributed by atoms with Crippen LogP contribution in [0.3, 0.4) is 0 Å². The van der Waals surface area contributed by atoms with Crippen molar-refractivity contribution in [3.8, 4) is 0 Å². The van der Waals surface area contributed by atoms with E-state index in [-0.39, 0.29) is 5.75 Å². The van der Waals surface area contributed by atoms with Crippen molar-refractivity contribution < 1.29 is 8.42 Å². The molecule has 0 fully saturated rings. The van der Waals surface area contributed by atoms with E-state index in [9.17, 15) is 8.42 Å². The van der Waals surface area contributed by atoms with E-state index in [1.807, 2.05) is 0 Å². The fourth-order valence-electron chi connectivity index (χ4n) is 0.455. The fourth-order valence-corrected chi connectivity index (χ4v) is 1.37. The summed E-state index contributed by atoms with van der Waals surface area (Å²) >= 11 is 0. The summed E-state index contributed by atoms with van der Waals surface area (Å²) in [7, 11) is -3.08. The van der Waals surface area contributed by atoms with Gasteiger partial charge in [-0.25, -0.2) is 14.2 Å². The Bertz CT molecular complexity index is 162. The quantitative estimate of drug-likeness (QED) is 0.586. The average Bonchev–Trinajstić information content (AvgIpc) is 1.86. The van der Waals surface area contributed by atoms with Gasteiger partial charge in [-0.3, -0.25) is 0 Å². The van der Waals surface area contributed by atoms with Crippen molar-refractivity contribution in [2.75, 3.05) is 5.75 Å². The van der Waals surface area contributed by atoms with Crippen molar-refractivity contribution in [1.82, 2.24) is 5.73 Å². The smallest absolute Gasteiger partial charge is 0.167 e. The highest BCUT2D eigenvalue weighted by molar-refractivity contribution is 7.91. The Morgan fingerprint density at radius 2 is 1.89 bits per heavy atom. The van der Waals surface area contributed by atoms with E-state index in [1.165, 1.54) is 0 Å². The first-order valence-corrected chi connectivity index (χ1v) is 4.68. The van der Waals surface area contributed by atoms with Gasteiger partial charge in [-0.2, -0.15) is 0 Å². The summed E-state index contributed by atoms with van der Waals surface area (Å²) in [5, 5.41) is -0.914. The van der Waals surface area contributed by atoms with Crippen LogP contribution in [0.2, 0.25) is 0 Å². The molecule has 0 aromatic heterocycles. The summed E-state index contributed by atoms with van der Waals surface area (Å²) in [5.74, 6) is 0.0784. The van der Waals surface area contributed by atoms with Crippen LogP contribution in [0.25, 0.3) is 0 Å². The molecule has 1 N–H and O–H groups in total. The first kappa shape index (κ1) is 8.91. The summed E-state index contributed by atoms with van der Waals surface area (Å²) in [6.45, 7) is 3.26. The molecule has 0 rings (SSSR count). The second-order valence-corrected chi connectivity index (χ2v) is 4.32. The molecular formula is C5H12NO2S. The number of nitrogens with one attached hydrogen (secondary N) is 1. The van der Waals surface area contributed by atoms with Crippen LogP contribution in [-0.2, 0) is 9.84 Å². The van der Waals surface area contributed by atoms with Gasteiger partial charge >= 0.3 is 0 Å². The maximum absolute atomic E-state index is 10.7. The average molecular weight is 150 g/mol. The predicted molar refractivity (Wildman–Crippen MR) is 36.6 cm³/mol. The first-order chi connectivity index (χ1) is 4.04. The van der Waals surface area contributed by atoms with Crippen molar-refractivity contribution in [1.29, 1.82) is 0 Å². The highest BCUT2D eigenvalue weighted by atomic mass is 32.2. The molecule has 0 saturated carbocycles. The van der Waals surface area contributed by atoms with Crippen LogP contribution in [-0.4, -0.2) is 19.5 Å². The molecule has 0 spiro atoms. The van der Waals surface area contributed by atoms with E-state index in [4.69, 9.17) is 5.73 Å². The van der Waals surface area contributed by atoms with E-state index in [0.717, 1.165) is 0 Å². The Hall–Kier alpha value is -0.0900. The van der Waals surface area contributed by atoms with Crippen LogP contribution >= 0.6 is 0 Å². The van der Waals surface area contributed by atoms with Gasteiger partial charge in [-0.05, 0) is 6.42 Å². The molecule has 0 aliphatic carbocycles. The molecule has 55 valence electrons. The molecule has 0 aliphatic heterocycles. The van der Waals surface area contributed by atoms with E-state index in [2.05, 4.69) is 0 Å². The monoisotopic (exact) mass is 150 g/mol. The van der Waals surface area contributed by atoms with E-state index >= 15 is 0 Å². The van der Waals surface area contributed by atoms with Gasteiger partial charge in [-0.1, -0.05) is 13.8 Å². The van der Waals surface area contributed by atoms with Gasteiger partial charge in [0, 0.05) is 5.75 Å². The molecule has 0 aromatic rings. The van der Waals surface area contributed by atoms with Gasteiger partial charge < -0.3 is 0 Å². The second-order valence-electron chi connectivity index (χ2n) is 1.85. The van der Waals surface area contributed by atoms with Crippen LogP contribution in [0.15, 0.2) is 0 Å². The Morgan fingerprint density at radius 1 is 1.44 bits per heavy atom. The standard InChI is InChI=1S/C5H12NO2S/c1-3-5(6)9(7,8)4-2/h5-6H,3-4H2,1-2H3. The van der Waals surface area contributed by atoms with Crippen LogP contribution in [0, 0.1) is 0 Å². The molecule has 0 aromatic carbocycles. The molecule has 0 amide bonds. The van der Waals surface area contributed by atoms with Gasteiger partial charge in [0.15, 0.2) is 9.84 Å². The number of hydrogen-bond donors (Lipinski definition) is 0. The summed E-state index contributed by atoms with van der Waals surface area (Å²) in [5.41, 5.74) is 7.04. The second kappa shape index (κ2) is 3.17. The Balaban J connectivity index is 4.17. The van der Waals surface area contributed by atoms with Gasteiger partial charge in [-0.15, -0.1) is 0 Å². The maximum atomic E-state index is 10.7. The zero-order chi connectivity index (χ0) is 7.49. The number of hydrogen-bond acceptors (Lipinski definition) is 2. The fraction of sp³-hybridized carbons (Fsp3) is 1.00. The molecule has 0 saturated heterocycles. The van der Waals surface area contributed by atoms with E-state index < -0.39 is 15.2 Å². The zero-order valence-electron chi connectivity index (χ0n) is 5.72. The summed E-state index contributed by atoms with van der Waals surface area (Å²) in [6.07, 6.45) is 0.385. The van der Waals surface area contributed by atoms with Crippen molar-refractivity contribution in [3.63, 3.8) is 0 Å². The molecule has 1 radical (unpaired) electrons.